The number of hydrogen-bond acceptors (Lipinski definition) is 2. The summed E-state index contributed by atoms with van der Waals surface area (Å²) in [7, 11) is 0. The molecule has 0 bridgehead atoms. The van der Waals surface area contributed by atoms with Gasteiger partial charge < -0.3 is 10.6 Å². The van der Waals surface area contributed by atoms with Crippen molar-refractivity contribution in [3.05, 3.63) is 27.6 Å². The Labute approximate surface area is 126 Å². The van der Waals surface area contributed by atoms with Gasteiger partial charge in [0.1, 0.15) is 5.82 Å². The van der Waals surface area contributed by atoms with Crippen LogP contribution in [0.2, 0.25) is 0 Å². The second-order valence-corrected chi connectivity index (χ2v) is 6.08. The van der Waals surface area contributed by atoms with Crippen LogP contribution in [0.5, 0.6) is 0 Å². The number of carbonyl (C=O) groups is 1. The Balaban J connectivity index is 2.00. The molecule has 2 N–H and O–H groups in total. The Morgan fingerprint density at radius 3 is 3.05 bits per heavy atom. The monoisotopic (exact) mass is 376 g/mol. The van der Waals surface area contributed by atoms with Crippen molar-refractivity contribution in [2.45, 2.75) is 32.2 Å². The third-order valence-corrected chi connectivity index (χ3v) is 4.49. The number of carbonyl (C=O) groups excluding carboxylic acids is 1. The van der Waals surface area contributed by atoms with Crippen LogP contribution in [0.15, 0.2) is 18.2 Å². The van der Waals surface area contributed by atoms with Crippen molar-refractivity contribution in [1.29, 1.82) is 0 Å². The standard InChI is InChI=1S/C14H18FIN2O/c1-2-9-5-6-17-13(7-9)14(19)18-12-4-3-10(15)8-11(12)16/h3-4,8-9,13,17H,2,5-7H2,1H3,(H,18,19). The van der Waals surface area contributed by atoms with Crippen LogP contribution in [-0.2, 0) is 4.79 Å². The van der Waals surface area contributed by atoms with Crippen LogP contribution >= 0.6 is 22.6 Å². The highest BCUT2D eigenvalue weighted by Crippen LogP contribution is 2.22. The molecule has 19 heavy (non-hydrogen) atoms. The molecule has 1 amide bonds. The van der Waals surface area contributed by atoms with E-state index in [1.807, 2.05) is 22.6 Å². The summed E-state index contributed by atoms with van der Waals surface area (Å²) in [6.45, 7) is 3.05. The van der Waals surface area contributed by atoms with Crippen LogP contribution in [0.1, 0.15) is 26.2 Å². The average molecular weight is 376 g/mol. The summed E-state index contributed by atoms with van der Waals surface area (Å²) in [6, 6.07) is 4.25. The van der Waals surface area contributed by atoms with E-state index in [9.17, 15) is 9.18 Å². The smallest absolute Gasteiger partial charge is 0.241 e. The SMILES string of the molecule is CCC1CCNC(C(=O)Nc2ccc(F)cc2I)C1. The third-order valence-electron chi connectivity index (χ3n) is 3.60. The van der Waals surface area contributed by atoms with Gasteiger partial charge in [-0.3, -0.25) is 4.79 Å². The largest absolute Gasteiger partial charge is 0.324 e. The van der Waals surface area contributed by atoms with Crippen molar-refractivity contribution in [2.75, 3.05) is 11.9 Å². The lowest BCUT2D eigenvalue weighted by atomic mass is 9.90. The highest BCUT2D eigenvalue weighted by molar-refractivity contribution is 14.1. The number of hydrogen-bond donors (Lipinski definition) is 2. The Kier molecular flexibility index (Phi) is 5.15. The fourth-order valence-corrected chi connectivity index (χ4v) is 2.99. The summed E-state index contributed by atoms with van der Waals surface area (Å²) < 4.78 is 13.7. The molecule has 3 nitrogen and oxygen atoms in total. The number of anilines is 1. The first kappa shape index (κ1) is 14.7. The van der Waals surface area contributed by atoms with Gasteiger partial charge in [0.25, 0.3) is 0 Å². The number of piperidine rings is 1. The van der Waals surface area contributed by atoms with Crippen LogP contribution in [0.4, 0.5) is 10.1 Å². The molecule has 0 aromatic heterocycles. The van der Waals surface area contributed by atoms with Gasteiger partial charge >= 0.3 is 0 Å². The summed E-state index contributed by atoms with van der Waals surface area (Å²) in [5.74, 6) is 0.302. The van der Waals surface area contributed by atoms with E-state index in [-0.39, 0.29) is 17.8 Å². The summed E-state index contributed by atoms with van der Waals surface area (Å²) in [5.41, 5.74) is 0.674. The molecule has 1 fully saturated rings. The maximum atomic E-state index is 13.0. The first-order valence-electron chi connectivity index (χ1n) is 6.59. The second-order valence-electron chi connectivity index (χ2n) is 4.92. The van der Waals surface area contributed by atoms with E-state index in [1.165, 1.54) is 12.1 Å². The molecule has 5 heteroatoms. The molecule has 2 atom stereocenters. The number of amides is 1. The Hall–Kier alpha value is -0.690. The summed E-state index contributed by atoms with van der Waals surface area (Å²) in [5, 5.41) is 6.12. The van der Waals surface area contributed by atoms with Crippen LogP contribution in [0.25, 0.3) is 0 Å². The average Bonchev–Trinajstić information content (AvgIpc) is 2.42. The lowest BCUT2D eigenvalue weighted by Crippen LogP contribution is -2.46. The minimum absolute atomic E-state index is 0.0253. The Morgan fingerprint density at radius 2 is 2.37 bits per heavy atom. The third kappa shape index (κ3) is 3.89. The molecule has 2 unspecified atom stereocenters. The molecule has 2 rings (SSSR count). The number of benzene rings is 1. The Morgan fingerprint density at radius 1 is 1.58 bits per heavy atom. The summed E-state index contributed by atoms with van der Waals surface area (Å²) >= 11 is 2.03. The zero-order valence-corrected chi connectivity index (χ0v) is 13.0. The van der Waals surface area contributed by atoms with Crippen molar-refractivity contribution in [3.63, 3.8) is 0 Å². The van der Waals surface area contributed by atoms with Gasteiger partial charge in [0.2, 0.25) is 5.91 Å². The van der Waals surface area contributed by atoms with Crippen molar-refractivity contribution in [2.24, 2.45) is 5.92 Å². The summed E-state index contributed by atoms with van der Waals surface area (Å²) in [4.78, 5) is 12.2. The fourth-order valence-electron chi connectivity index (χ4n) is 2.38. The van der Waals surface area contributed by atoms with E-state index >= 15 is 0 Å². The molecule has 104 valence electrons. The van der Waals surface area contributed by atoms with E-state index in [4.69, 9.17) is 0 Å². The molecule has 1 aromatic rings. The highest BCUT2D eigenvalue weighted by atomic mass is 127. The van der Waals surface area contributed by atoms with Gasteiger partial charge in [-0.1, -0.05) is 13.3 Å². The van der Waals surface area contributed by atoms with Gasteiger partial charge in [0.05, 0.1) is 11.7 Å². The molecule has 1 aliphatic rings. The minimum Gasteiger partial charge on any atom is -0.324 e. The minimum atomic E-state index is -0.288. The topological polar surface area (TPSA) is 41.1 Å². The van der Waals surface area contributed by atoms with Crippen LogP contribution in [0, 0.1) is 15.3 Å². The lowest BCUT2D eigenvalue weighted by Gasteiger charge is -2.28. The number of halogens is 2. The first-order chi connectivity index (χ1) is 9.10. The molecule has 0 saturated carbocycles. The lowest BCUT2D eigenvalue weighted by molar-refractivity contribution is -0.119. The van der Waals surface area contributed by atoms with Gasteiger partial charge in [-0.2, -0.15) is 0 Å². The van der Waals surface area contributed by atoms with Gasteiger partial charge in [-0.15, -0.1) is 0 Å². The van der Waals surface area contributed by atoms with E-state index in [1.54, 1.807) is 6.07 Å². The fraction of sp³-hybridized carbons (Fsp3) is 0.500. The maximum Gasteiger partial charge on any atom is 0.241 e. The molecule has 1 aliphatic heterocycles. The highest BCUT2D eigenvalue weighted by Gasteiger charge is 2.26. The van der Waals surface area contributed by atoms with Crippen LogP contribution in [0.3, 0.4) is 0 Å². The van der Waals surface area contributed by atoms with Crippen molar-refractivity contribution < 1.29 is 9.18 Å². The van der Waals surface area contributed by atoms with Crippen molar-refractivity contribution >= 4 is 34.2 Å². The molecule has 0 spiro atoms. The van der Waals surface area contributed by atoms with Crippen molar-refractivity contribution in [3.8, 4) is 0 Å². The van der Waals surface area contributed by atoms with Gasteiger partial charge in [-0.25, -0.2) is 4.39 Å². The van der Waals surface area contributed by atoms with Crippen LogP contribution < -0.4 is 10.6 Å². The molecule has 0 radical (unpaired) electrons. The second kappa shape index (κ2) is 6.65. The van der Waals surface area contributed by atoms with Crippen LogP contribution in [-0.4, -0.2) is 18.5 Å². The number of nitrogens with one attached hydrogen (secondary N) is 2. The molecular weight excluding hydrogens is 358 g/mol. The van der Waals surface area contributed by atoms with Crippen molar-refractivity contribution in [1.82, 2.24) is 5.32 Å². The van der Waals surface area contributed by atoms with E-state index in [0.29, 0.717) is 15.2 Å². The zero-order valence-electron chi connectivity index (χ0n) is 10.9. The van der Waals surface area contributed by atoms with E-state index in [2.05, 4.69) is 17.6 Å². The van der Waals surface area contributed by atoms with E-state index < -0.39 is 0 Å². The zero-order chi connectivity index (χ0) is 13.8. The van der Waals surface area contributed by atoms with Gasteiger partial charge in [-0.05, 0) is 66.1 Å². The number of rotatable bonds is 3. The Bertz CT molecular complexity index is 467. The normalized spacial score (nSPS) is 23.1. The maximum absolute atomic E-state index is 13.0. The molecular formula is C14H18FIN2O. The predicted octanol–water partition coefficient (Wildman–Crippen LogP) is 3.15. The molecule has 1 saturated heterocycles. The van der Waals surface area contributed by atoms with Gasteiger partial charge in [0, 0.05) is 3.57 Å². The summed E-state index contributed by atoms with van der Waals surface area (Å²) in [6.07, 6.45) is 3.12. The predicted molar refractivity (Wildman–Crippen MR) is 82.6 cm³/mol. The molecule has 0 aliphatic carbocycles. The molecule has 1 heterocycles. The molecule has 1 aromatic carbocycles. The first-order valence-corrected chi connectivity index (χ1v) is 7.67. The van der Waals surface area contributed by atoms with E-state index in [0.717, 1.165) is 25.8 Å². The van der Waals surface area contributed by atoms with Gasteiger partial charge in [0.15, 0.2) is 0 Å². The quantitative estimate of drug-likeness (QED) is 0.796.